The number of rotatable bonds is 7. The van der Waals surface area contributed by atoms with Gasteiger partial charge >= 0.3 is 0 Å². The van der Waals surface area contributed by atoms with Crippen LogP contribution in [-0.2, 0) is 4.79 Å². The smallest absolute Gasteiger partial charge is 0.250 e. The first kappa shape index (κ1) is 25.1. The van der Waals surface area contributed by atoms with E-state index in [1.165, 1.54) is 36.1 Å². The van der Waals surface area contributed by atoms with Gasteiger partial charge in [0.15, 0.2) is 0 Å². The second-order valence-electron chi connectivity index (χ2n) is 8.97. The summed E-state index contributed by atoms with van der Waals surface area (Å²) in [5, 5.41) is 2.51. The lowest BCUT2D eigenvalue weighted by molar-refractivity contribution is -0.111. The number of amides is 2. The molecule has 1 aromatic carbocycles. The van der Waals surface area contributed by atoms with E-state index in [1.807, 2.05) is 25.2 Å². The molecule has 2 rings (SSSR count). The van der Waals surface area contributed by atoms with Crippen molar-refractivity contribution in [2.75, 3.05) is 5.32 Å². The first-order valence-corrected chi connectivity index (χ1v) is 10.8. The van der Waals surface area contributed by atoms with Crippen LogP contribution >= 0.6 is 0 Å². The molecule has 2 amide bonds. The molecule has 0 spiro atoms. The molecule has 4 nitrogen and oxygen atoms in total. The van der Waals surface area contributed by atoms with Crippen LogP contribution in [0, 0.1) is 11.2 Å². The van der Waals surface area contributed by atoms with Crippen LogP contribution in [0.25, 0.3) is 0 Å². The lowest BCUT2D eigenvalue weighted by Crippen LogP contribution is -2.19. The Kier molecular flexibility index (Phi) is 8.53. The van der Waals surface area contributed by atoms with Gasteiger partial charge in [-0.2, -0.15) is 0 Å². The Bertz CT molecular complexity index is 1040. The molecular weight excluding hydrogens is 403 g/mol. The van der Waals surface area contributed by atoms with Gasteiger partial charge in [0.2, 0.25) is 5.91 Å². The number of carbonyl (C=O) groups is 2. The highest BCUT2D eigenvalue weighted by atomic mass is 19.1. The quantitative estimate of drug-likeness (QED) is 0.384. The number of primary amides is 1. The number of allylic oxidation sites excluding steroid dienone is 9. The van der Waals surface area contributed by atoms with Gasteiger partial charge < -0.3 is 11.1 Å². The summed E-state index contributed by atoms with van der Waals surface area (Å²) in [4.78, 5) is 23.7. The maximum absolute atomic E-state index is 13.5. The lowest BCUT2D eigenvalue weighted by atomic mass is 9.72. The van der Waals surface area contributed by atoms with Gasteiger partial charge in [0.25, 0.3) is 5.91 Å². The van der Waals surface area contributed by atoms with E-state index in [-0.39, 0.29) is 16.7 Å². The van der Waals surface area contributed by atoms with Crippen molar-refractivity contribution in [3.8, 4) is 0 Å². The largest absolute Gasteiger partial charge is 0.366 e. The van der Waals surface area contributed by atoms with Gasteiger partial charge in [0, 0.05) is 6.08 Å². The number of anilines is 1. The fourth-order valence-electron chi connectivity index (χ4n) is 3.89. The van der Waals surface area contributed by atoms with Crippen molar-refractivity contribution in [3.05, 3.63) is 88.3 Å². The highest BCUT2D eigenvalue weighted by Gasteiger charge is 2.26. The van der Waals surface area contributed by atoms with Gasteiger partial charge in [0.1, 0.15) is 5.82 Å². The van der Waals surface area contributed by atoms with Crippen LogP contribution in [0.5, 0.6) is 0 Å². The van der Waals surface area contributed by atoms with Gasteiger partial charge in [0.05, 0.1) is 11.3 Å². The number of hydrogen-bond acceptors (Lipinski definition) is 2. The second kappa shape index (κ2) is 10.9. The summed E-state index contributed by atoms with van der Waals surface area (Å²) >= 11 is 0. The molecule has 0 heterocycles. The fourth-order valence-corrected chi connectivity index (χ4v) is 3.89. The molecule has 3 N–H and O–H groups in total. The van der Waals surface area contributed by atoms with Crippen molar-refractivity contribution >= 4 is 17.5 Å². The van der Waals surface area contributed by atoms with E-state index in [2.05, 4.69) is 38.2 Å². The summed E-state index contributed by atoms with van der Waals surface area (Å²) in [5.74, 6) is -1.78. The summed E-state index contributed by atoms with van der Waals surface area (Å²) in [6.45, 7) is 10.6. The molecule has 0 saturated carbocycles. The van der Waals surface area contributed by atoms with Crippen LogP contribution in [-0.4, -0.2) is 11.8 Å². The minimum atomic E-state index is -0.739. The molecular formula is C27H33FN2O2. The number of carbonyl (C=O) groups excluding carboxylic acids is 2. The normalized spacial score (nSPS) is 17.3. The van der Waals surface area contributed by atoms with E-state index in [1.54, 1.807) is 6.92 Å². The van der Waals surface area contributed by atoms with Crippen molar-refractivity contribution in [1.82, 2.24) is 0 Å². The van der Waals surface area contributed by atoms with E-state index in [0.717, 1.165) is 24.1 Å². The van der Waals surface area contributed by atoms with E-state index >= 15 is 0 Å². The topological polar surface area (TPSA) is 72.2 Å². The minimum Gasteiger partial charge on any atom is -0.366 e. The van der Waals surface area contributed by atoms with Crippen LogP contribution in [0.1, 0.15) is 64.2 Å². The van der Waals surface area contributed by atoms with Crippen LogP contribution in [0.15, 0.2) is 76.9 Å². The van der Waals surface area contributed by atoms with Crippen LogP contribution in [0.4, 0.5) is 10.1 Å². The third kappa shape index (κ3) is 7.19. The summed E-state index contributed by atoms with van der Waals surface area (Å²) < 4.78 is 13.5. The number of benzene rings is 1. The first-order valence-electron chi connectivity index (χ1n) is 10.8. The average Bonchev–Trinajstić information content (AvgIpc) is 2.66. The Hall–Kier alpha value is -3.21. The Balaban J connectivity index is 2.04. The molecule has 170 valence electrons. The summed E-state index contributed by atoms with van der Waals surface area (Å²) in [5.41, 5.74) is 10.3. The Morgan fingerprint density at radius 2 is 1.88 bits per heavy atom. The number of halogens is 1. The molecule has 0 aliphatic heterocycles. The molecule has 0 atom stereocenters. The van der Waals surface area contributed by atoms with E-state index in [9.17, 15) is 14.0 Å². The molecule has 0 bridgehead atoms. The van der Waals surface area contributed by atoms with Gasteiger partial charge in [-0.1, -0.05) is 55.4 Å². The highest BCUT2D eigenvalue weighted by Crippen LogP contribution is 2.40. The SMILES string of the molecule is CC1=C(/C=C/C(C)=C/C=C/C(C)=C/C(=O)Nc2cc(F)ccc2C(N)=O)C(C)(C)CCC1. The monoisotopic (exact) mass is 436 g/mol. The zero-order valence-electron chi connectivity index (χ0n) is 19.6. The lowest BCUT2D eigenvalue weighted by Gasteiger charge is -2.32. The third-order valence-electron chi connectivity index (χ3n) is 5.64. The number of nitrogens with two attached hydrogens (primary N) is 1. The third-order valence-corrected chi connectivity index (χ3v) is 5.64. The van der Waals surface area contributed by atoms with Crippen molar-refractivity contribution in [1.29, 1.82) is 0 Å². The minimum absolute atomic E-state index is 0.0478. The predicted molar refractivity (Wildman–Crippen MR) is 130 cm³/mol. The van der Waals surface area contributed by atoms with E-state index in [0.29, 0.717) is 5.57 Å². The summed E-state index contributed by atoms with van der Waals surface area (Å²) in [6.07, 6.45) is 15.0. The summed E-state index contributed by atoms with van der Waals surface area (Å²) in [6, 6.07) is 3.44. The van der Waals surface area contributed by atoms with Gasteiger partial charge in [-0.05, 0) is 74.8 Å². The second-order valence-corrected chi connectivity index (χ2v) is 8.97. The summed E-state index contributed by atoms with van der Waals surface area (Å²) in [7, 11) is 0. The maximum Gasteiger partial charge on any atom is 0.250 e. The van der Waals surface area contributed by atoms with Crippen LogP contribution in [0.2, 0.25) is 0 Å². The Morgan fingerprint density at radius 1 is 1.16 bits per heavy atom. The maximum atomic E-state index is 13.5. The number of hydrogen-bond donors (Lipinski definition) is 2. The van der Waals surface area contributed by atoms with Crippen LogP contribution in [0.3, 0.4) is 0 Å². The molecule has 1 aromatic rings. The fraction of sp³-hybridized carbons (Fsp3) is 0.333. The molecule has 0 fully saturated rings. The van der Waals surface area contributed by atoms with E-state index < -0.39 is 17.6 Å². The van der Waals surface area contributed by atoms with Gasteiger partial charge in [-0.25, -0.2) is 4.39 Å². The molecule has 1 aliphatic rings. The average molecular weight is 437 g/mol. The zero-order valence-corrected chi connectivity index (χ0v) is 19.6. The predicted octanol–water partition coefficient (Wildman–Crippen LogP) is 6.39. The highest BCUT2D eigenvalue weighted by molar-refractivity contribution is 6.06. The first-order chi connectivity index (χ1) is 15.0. The zero-order chi connectivity index (χ0) is 23.9. The van der Waals surface area contributed by atoms with Gasteiger partial charge in [-0.15, -0.1) is 0 Å². The molecule has 5 heteroatoms. The molecule has 0 unspecified atom stereocenters. The molecule has 0 aromatic heterocycles. The Morgan fingerprint density at radius 3 is 2.53 bits per heavy atom. The standard InChI is InChI=1S/C27H33FN2O2/c1-18(11-14-23-20(3)10-7-15-27(23,4)5)8-6-9-19(2)16-25(31)30-24-17-21(28)12-13-22(24)26(29)32/h6,8-9,11-14,16-17H,7,10,15H2,1-5H3,(H2,29,32)(H,30,31)/b9-6+,14-11+,18-8+,19-16+. The van der Waals surface area contributed by atoms with Crippen LogP contribution < -0.4 is 11.1 Å². The number of nitrogens with one attached hydrogen (secondary N) is 1. The van der Waals surface area contributed by atoms with Crippen molar-refractivity contribution in [2.45, 2.75) is 53.9 Å². The van der Waals surface area contributed by atoms with Crippen molar-refractivity contribution in [3.63, 3.8) is 0 Å². The van der Waals surface area contributed by atoms with Crippen molar-refractivity contribution < 1.29 is 14.0 Å². The molecule has 32 heavy (non-hydrogen) atoms. The van der Waals surface area contributed by atoms with E-state index in [4.69, 9.17) is 5.73 Å². The molecule has 0 saturated heterocycles. The van der Waals surface area contributed by atoms with Gasteiger partial charge in [-0.3, -0.25) is 9.59 Å². The molecule has 0 radical (unpaired) electrons. The molecule has 1 aliphatic carbocycles. The Labute approximate surface area is 190 Å². The van der Waals surface area contributed by atoms with Crippen molar-refractivity contribution in [2.24, 2.45) is 11.1 Å².